The first-order chi connectivity index (χ1) is 13.3. The van der Waals surface area contributed by atoms with E-state index in [0.29, 0.717) is 19.6 Å². The summed E-state index contributed by atoms with van der Waals surface area (Å²) >= 11 is 1.51. The molecule has 0 aliphatic carbocycles. The van der Waals surface area contributed by atoms with Crippen molar-refractivity contribution in [2.45, 2.75) is 39.2 Å². The Morgan fingerprint density at radius 2 is 2.00 bits per heavy atom. The summed E-state index contributed by atoms with van der Waals surface area (Å²) in [7, 11) is 0. The minimum absolute atomic E-state index is 0.0219. The molecule has 1 aromatic heterocycles. The minimum Gasteiger partial charge on any atom is -0.350 e. The Balaban J connectivity index is 1.65. The average Bonchev–Trinajstić information content (AvgIpc) is 3.13. The monoisotopic (exact) mass is 407 g/mol. The van der Waals surface area contributed by atoms with Gasteiger partial charge in [-0.2, -0.15) is 0 Å². The number of nitrogens with zero attached hydrogens (tertiary/aromatic N) is 2. The summed E-state index contributed by atoms with van der Waals surface area (Å²) in [6.07, 6.45) is 1.69. The number of hydrogen-bond donors (Lipinski definition) is 1. The molecule has 0 saturated carbocycles. The number of amides is 2. The third kappa shape index (κ3) is 4.92. The van der Waals surface area contributed by atoms with Gasteiger partial charge in [-0.1, -0.05) is 13.8 Å². The van der Waals surface area contributed by atoms with E-state index in [4.69, 9.17) is 0 Å². The van der Waals surface area contributed by atoms with Crippen LogP contribution in [-0.2, 0) is 11.3 Å². The third-order valence-electron chi connectivity index (χ3n) is 4.70. The molecule has 0 radical (unpaired) electrons. The van der Waals surface area contributed by atoms with Gasteiger partial charge in [0, 0.05) is 41.9 Å². The maximum atomic E-state index is 13.4. The highest BCUT2D eigenvalue weighted by Crippen LogP contribution is 2.30. The number of thiazole rings is 1. The molecular formula is C20H23F2N3O2S. The topological polar surface area (TPSA) is 62.3 Å². The number of likely N-dealkylation sites (tertiary alicyclic amines) is 1. The Hall–Kier alpha value is -2.35. The van der Waals surface area contributed by atoms with Crippen molar-refractivity contribution in [3.8, 4) is 0 Å². The lowest BCUT2D eigenvalue weighted by Crippen LogP contribution is -2.39. The molecule has 28 heavy (non-hydrogen) atoms. The summed E-state index contributed by atoms with van der Waals surface area (Å²) in [6, 6.07) is 2.88. The van der Waals surface area contributed by atoms with Gasteiger partial charge in [0.1, 0.15) is 11.6 Å². The predicted octanol–water partition coefficient (Wildman–Crippen LogP) is 3.71. The first-order valence-corrected chi connectivity index (χ1v) is 10.2. The molecule has 0 bridgehead atoms. The minimum atomic E-state index is -0.759. The van der Waals surface area contributed by atoms with Crippen molar-refractivity contribution in [2.24, 2.45) is 5.92 Å². The quantitative estimate of drug-likeness (QED) is 0.822. The fourth-order valence-electron chi connectivity index (χ4n) is 3.20. The molecule has 8 heteroatoms. The second-order valence-corrected chi connectivity index (χ2v) is 8.19. The van der Waals surface area contributed by atoms with Gasteiger partial charge in [0.25, 0.3) is 5.91 Å². The van der Waals surface area contributed by atoms with Crippen molar-refractivity contribution >= 4 is 23.2 Å². The van der Waals surface area contributed by atoms with Crippen LogP contribution in [0.1, 0.15) is 53.7 Å². The number of benzene rings is 1. The van der Waals surface area contributed by atoms with Crippen LogP contribution >= 0.6 is 11.3 Å². The average molecular weight is 407 g/mol. The van der Waals surface area contributed by atoms with E-state index >= 15 is 0 Å². The summed E-state index contributed by atoms with van der Waals surface area (Å²) in [6.45, 7) is 5.06. The molecule has 1 N–H and O–H groups in total. The number of rotatable bonds is 5. The number of piperidine rings is 1. The van der Waals surface area contributed by atoms with Crippen LogP contribution in [0, 0.1) is 17.6 Å². The highest BCUT2D eigenvalue weighted by Gasteiger charge is 2.27. The van der Waals surface area contributed by atoms with E-state index in [2.05, 4.69) is 10.3 Å². The largest absolute Gasteiger partial charge is 0.350 e. The van der Waals surface area contributed by atoms with Gasteiger partial charge in [-0.15, -0.1) is 11.3 Å². The molecule has 2 amide bonds. The van der Waals surface area contributed by atoms with Gasteiger partial charge in [0.05, 0.1) is 17.2 Å². The van der Waals surface area contributed by atoms with Gasteiger partial charge in [0.2, 0.25) is 5.91 Å². The van der Waals surface area contributed by atoms with Crippen molar-refractivity contribution in [2.75, 3.05) is 13.1 Å². The van der Waals surface area contributed by atoms with Crippen LogP contribution in [-0.4, -0.2) is 34.8 Å². The third-order valence-corrected chi connectivity index (χ3v) is 5.76. The first-order valence-electron chi connectivity index (χ1n) is 9.31. The smallest absolute Gasteiger partial charge is 0.254 e. The highest BCUT2D eigenvalue weighted by molar-refractivity contribution is 7.09. The van der Waals surface area contributed by atoms with Crippen LogP contribution in [0.25, 0.3) is 0 Å². The second kappa shape index (κ2) is 8.77. The summed E-state index contributed by atoms with van der Waals surface area (Å²) in [5, 5.41) is 5.67. The van der Waals surface area contributed by atoms with Crippen molar-refractivity contribution in [1.29, 1.82) is 0 Å². The molecule has 1 atom stereocenters. The molecule has 0 unspecified atom stereocenters. The molecule has 2 aromatic rings. The standard InChI is InChI=1S/C20H23F2N3O2S/c1-12(2)18(26)23-9-17-11-28-19(24-17)13-4-3-5-25(10-13)20(27)14-6-15(21)8-16(22)7-14/h6-8,11-13H,3-5,9-10H2,1-2H3,(H,23,26)/t13-/m0/s1. The van der Waals surface area contributed by atoms with Crippen LogP contribution < -0.4 is 5.32 Å². The maximum Gasteiger partial charge on any atom is 0.254 e. The van der Waals surface area contributed by atoms with Gasteiger partial charge >= 0.3 is 0 Å². The predicted molar refractivity (Wildman–Crippen MR) is 103 cm³/mol. The number of nitrogens with one attached hydrogen (secondary N) is 1. The number of carbonyl (C=O) groups excluding carboxylic acids is 2. The van der Waals surface area contributed by atoms with E-state index in [0.717, 1.165) is 41.7 Å². The number of halogens is 2. The lowest BCUT2D eigenvalue weighted by atomic mass is 9.98. The molecule has 0 spiro atoms. The number of carbonyl (C=O) groups is 2. The second-order valence-electron chi connectivity index (χ2n) is 7.30. The number of aromatic nitrogens is 1. The van der Waals surface area contributed by atoms with E-state index in [9.17, 15) is 18.4 Å². The molecule has 2 heterocycles. The molecule has 1 saturated heterocycles. The fraction of sp³-hybridized carbons (Fsp3) is 0.450. The molecule has 1 aromatic carbocycles. The maximum absolute atomic E-state index is 13.4. The molecular weight excluding hydrogens is 384 g/mol. The summed E-state index contributed by atoms with van der Waals surface area (Å²) in [5.74, 6) is -1.91. The van der Waals surface area contributed by atoms with E-state index < -0.39 is 11.6 Å². The van der Waals surface area contributed by atoms with Crippen molar-refractivity contribution in [3.63, 3.8) is 0 Å². The molecule has 1 aliphatic heterocycles. The molecule has 5 nitrogen and oxygen atoms in total. The van der Waals surface area contributed by atoms with Crippen molar-refractivity contribution < 1.29 is 18.4 Å². The molecule has 1 aliphatic rings. The first kappa shape index (κ1) is 20.4. The normalized spacial score (nSPS) is 17.0. The van der Waals surface area contributed by atoms with Crippen LogP contribution in [0.2, 0.25) is 0 Å². The van der Waals surface area contributed by atoms with Gasteiger partial charge in [-0.25, -0.2) is 13.8 Å². The SMILES string of the molecule is CC(C)C(=O)NCc1csc([C@H]2CCCN(C(=O)c3cc(F)cc(F)c3)C2)n1. The zero-order chi connectivity index (χ0) is 20.3. The van der Waals surface area contributed by atoms with Crippen LogP contribution in [0.5, 0.6) is 0 Å². The Labute approximate surface area is 166 Å². The summed E-state index contributed by atoms with van der Waals surface area (Å²) in [4.78, 5) is 30.6. The van der Waals surface area contributed by atoms with E-state index in [-0.39, 0.29) is 29.2 Å². The highest BCUT2D eigenvalue weighted by atomic mass is 32.1. The zero-order valence-electron chi connectivity index (χ0n) is 15.9. The van der Waals surface area contributed by atoms with Crippen LogP contribution in [0.15, 0.2) is 23.6 Å². The van der Waals surface area contributed by atoms with Crippen molar-refractivity contribution in [3.05, 3.63) is 51.5 Å². The number of hydrogen-bond acceptors (Lipinski definition) is 4. The summed E-state index contributed by atoms with van der Waals surface area (Å²) < 4.78 is 26.9. The summed E-state index contributed by atoms with van der Waals surface area (Å²) in [5.41, 5.74) is 0.819. The van der Waals surface area contributed by atoms with Crippen LogP contribution in [0.3, 0.4) is 0 Å². The zero-order valence-corrected chi connectivity index (χ0v) is 16.7. The van der Waals surface area contributed by atoms with Gasteiger partial charge in [0.15, 0.2) is 0 Å². The molecule has 3 rings (SSSR count). The van der Waals surface area contributed by atoms with Gasteiger partial charge in [-0.05, 0) is 25.0 Å². The Morgan fingerprint density at radius 1 is 1.29 bits per heavy atom. The lowest BCUT2D eigenvalue weighted by molar-refractivity contribution is -0.124. The van der Waals surface area contributed by atoms with Gasteiger partial charge in [-0.3, -0.25) is 9.59 Å². The van der Waals surface area contributed by atoms with E-state index in [1.165, 1.54) is 11.3 Å². The molecule has 1 fully saturated rings. The Kier molecular flexibility index (Phi) is 6.39. The van der Waals surface area contributed by atoms with E-state index in [1.54, 1.807) is 4.90 Å². The Bertz CT molecular complexity index is 849. The van der Waals surface area contributed by atoms with Crippen LogP contribution in [0.4, 0.5) is 8.78 Å². The van der Waals surface area contributed by atoms with Gasteiger partial charge < -0.3 is 10.2 Å². The van der Waals surface area contributed by atoms with Crippen molar-refractivity contribution in [1.82, 2.24) is 15.2 Å². The fourth-order valence-corrected chi connectivity index (χ4v) is 4.14. The lowest BCUT2D eigenvalue weighted by Gasteiger charge is -2.32. The van der Waals surface area contributed by atoms with E-state index in [1.807, 2.05) is 19.2 Å². The molecule has 150 valence electrons. The Morgan fingerprint density at radius 3 is 2.68 bits per heavy atom.